The summed E-state index contributed by atoms with van der Waals surface area (Å²) in [6.45, 7) is 4.53. The van der Waals surface area contributed by atoms with Crippen LogP contribution in [0.3, 0.4) is 0 Å². The fourth-order valence-electron chi connectivity index (χ4n) is 4.49. The maximum Gasteiger partial charge on any atom is 0.266 e. The van der Waals surface area contributed by atoms with E-state index >= 15 is 0 Å². The van der Waals surface area contributed by atoms with Gasteiger partial charge in [0.1, 0.15) is 5.82 Å². The quantitative estimate of drug-likeness (QED) is 0.328. The maximum atomic E-state index is 13.7. The third-order valence-corrected chi connectivity index (χ3v) is 6.92. The number of aromatic nitrogens is 2. The molecule has 0 aliphatic heterocycles. The van der Waals surface area contributed by atoms with Crippen molar-refractivity contribution in [3.05, 3.63) is 105 Å². The highest BCUT2D eigenvalue weighted by atomic mass is 35.5. The Balaban J connectivity index is 1.63. The average Bonchev–Trinajstić information content (AvgIpc) is 3.71. The number of hydrogen-bond donors (Lipinski definition) is 0. The number of fused-ring (bicyclic) bond motifs is 1. The normalized spacial score (nSPS) is 14.1. The summed E-state index contributed by atoms with van der Waals surface area (Å²) in [5.74, 6) is 0.725. The maximum absolute atomic E-state index is 13.7. The van der Waals surface area contributed by atoms with Crippen molar-refractivity contribution in [1.29, 1.82) is 0 Å². The van der Waals surface area contributed by atoms with Crippen molar-refractivity contribution in [2.75, 3.05) is 6.54 Å². The molecule has 1 atom stereocenters. The van der Waals surface area contributed by atoms with Gasteiger partial charge in [-0.3, -0.25) is 14.2 Å². The van der Waals surface area contributed by atoms with Gasteiger partial charge in [-0.25, -0.2) is 4.98 Å². The second-order valence-corrected chi connectivity index (χ2v) is 9.76. The minimum Gasteiger partial charge on any atom is -0.332 e. The van der Waals surface area contributed by atoms with Crippen LogP contribution in [0.2, 0.25) is 5.02 Å². The zero-order valence-electron chi connectivity index (χ0n) is 19.9. The van der Waals surface area contributed by atoms with Gasteiger partial charge in [0.05, 0.1) is 22.6 Å². The fraction of sp³-hybridized carbons (Fsp3) is 0.276. The Labute approximate surface area is 210 Å². The zero-order valence-corrected chi connectivity index (χ0v) is 20.7. The molecule has 1 aliphatic rings. The second kappa shape index (κ2) is 9.67. The van der Waals surface area contributed by atoms with E-state index in [1.54, 1.807) is 22.8 Å². The Hall–Kier alpha value is -3.44. The number of nitrogens with zero attached hydrogens (tertiary/aromatic N) is 3. The summed E-state index contributed by atoms with van der Waals surface area (Å²) in [4.78, 5) is 34.0. The predicted octanol–water partition coefficient (Wildman–Crippen LogP) is 5.89. The van der Waals surface area contributed by atoms with Gasteiger partial charge in [0, 0.05) is 17.5 Å². The van der Waals surface area contributed by atoms with Crippen LogP contribution in [0, 0.1) is 12.8 Å². The molecule has 0 bridgehead atoms. The Morgan fingerprint density at radius 2 is 1.80 bits per heavy atom. The van der Waals surface area contributed by atoms with Gasteiger partial charge in [-0.15, -0.1) is 0 Å². The van der Waals surface area contributed by atoms with Crippen LogP contribution < -0.4 is 5.56 Å². The third-order valence-electron chi connectivity index (χ3n) is 6.68. The van der Waals surface area contributed by atoms with Crippen LogP contribution in [0.25, 0.3) is 16.6 Å². The molecule has 6 heteroatoms. The first-order valence-electron chi connectivity index (χ1n) is 12.1. The van der Waals surface area contributed by atoms with Gasteiger partial charge in [-0.05, 0) is 69.0 Å². The van der Waals surface area contributed by atoms with Gasteiger partial charge < -0.3 is 4.90 Å². The largest absolute Gasteiger partial charge is 0.332 e. The number of carbonyl (C=O) groups excluding carboxylic acids is 1. The summed E-state index contributed by atoms with van der Waals surface area (Å²) in [6, 6.07) is 22.7. The molecule has 1 saturated carbocycles. The fourth-order valence-corrected chi connectivity index (χ4v) is 4.66. The van der Waals surface area contributed by atoms with Gasteiger partial charge in [0.25, 0.3) is 5.56 Å². The minimum atomic E-state index is -0.399. The molecule has 1 amide bonds. The first-order valence-corrected chi connectivity index (χ1v) is 12.4. The van der Waals surface area contributed by atoms with Crippen LogP contribution in [0.15, 0.2) is 77.6 Å². The van der Waals surface area contributed by atoms with Crippen LogP contribution in [0.1, 0.15) is 42.8 Å². The first-order chi connectivity index (χ1) is 16.9. The molecule has 5 rings (SSSR count). The molecule has 1 fully saturated rings. The van der Waals surface area contributed by atoms with Crippen molar-refractivity contribution in [2.45, 2.75) is 39.2 Å². The van der Waals surface area contributed by atoms with Crippen molar-refractivity contribution in [3.63, 3.8) is 0 Å². The molecule has 5 nitrogen and oxygen atoms in total. The molecule has 1 heterocycles. The predicted molar refractivity (Wildman–Crippen MR) is 140 cm³/mol. The van der Waals surface area contributed by atoms with E-state index in [0.717, 1.165) is 30.5 Å². The third kappa shape index (κ3) is 4.87. The van der Waals surface area contributed by atoms with Crippen molar-refractivity contribution in [1.82, 2.24) is 14.5 Å². The van der Waals surface area contributed by atoms with Gasteiger partial charge in [0.15, 0.2) is 0 Å². The first kappa shape index (κ1) is 23.3. The molecule has 1 aromatic heterocycles. The lowest BCUT2D eigenvalue weighted by Crippen LogP contribution is -2.39. The van der Waals surface area contributed by atoms with Crippen LogP contribution in [0.5, 0.6) is 0 Å². The Morgan fingerprint density at radius 1 is 1.09 bits per heavy atom. The lowest BCUT2D eigenvalue weighted by Gasteiger charge is -2.31. The van der Waals surface area contributed by atoms with Gasteiger partial charge >= 0.3 is 0 Å². The molecule has 1 aliphatic carbocycles. The molecular formula is C29H28ClN3O2. The number of halogens is 1. The van der Waals surface area contributed by atoms with Crippen LogP contribution in [0.4, 0.5) is 0 Å². The standard InChI is InChI=1S/C29H28ClN3O2/c1-19-8-13-24(14-9-19)33-27(31-26-18-23(30)12-15-25(26)29(33)35)20(2)32(28(34)22-10-11-22)17-16-21-6-4-3-5-7-21/h3-9,12-15,18,20,22H,10-11,16-17H2,1-2H3. The van der Waals surface area contributed by atoms with E-state index in [4.69, 9.17) is 16.6 Å². The molecule has 0 spiro atoms. The Morgan fingerprint density at radius 3 is 2.49 bits per heavy atom. The van der Waals surface area contributed by atoms with E-state index in [-0.39, 0.29) is 17.4 Å². The van der Waals surface area contributed by atoms with E-state index in [2.05, 4.69) is 12.1 Å². The van der Waals surface area contributed by atoms with Gasteiger partial charge in [0.2, 0.25) is 5.91 Å². The summed E-state index contributed by atoms with van der Waals surface area (Å²) in [7, 11) is 0. The molecule has 35 heavy (non-hydrogen) atoms. The molecule has 178 valence electrons. The number of rotatable bonds is 7. The van der Waals surface area contributed by atoms with Crippen LogP contribution in [-0.2, 0) is 11.2 Å². The SMILES string of the molecule is Cc1ccc(-n2c(C(C)N(CCc3ccccc3)C(=O)C3CC3)nc3cc(Cl)ccc3c2=O)cc1. The summed E-state index contributed by atoms with van der Waals surface area (Å²) >= 11 is 6.24. The topological polar surface area (TPSA) is 55.2 Å². The second-order valence-electron chi connectivity index (χ2n) is 9.33. The Bertz CT molecular complexity index is 1430. The number of carbonyl (C=O) groups is 1. The number of amides is 1. The average molecular weight is 486 g/mol. The highest BCUT2D eigenvalue weighted by Crippen LogP contribution is 2.34. The monoisotopic (exact) mass is 485 g/mol. The lowest BCUT2D eigenvalue weighted by molar-refractivity contribution is -0.134. The van der Waals surface area contributed by atoms with Gasteiger partial charge in [-0.1, -0.05) is 59.6 Å². The molecule has 4 aromatic rings. The summed E-state index contributed by atoms with van der Waals surface area (Å²) in [6.07, 6.45) is 2.57. The summed E-state index contributed by atoms with van der Waals surface area (Å²) < 4.78 is 1.65. The molecule has 3 aromatic carbocycles. The molecule has 0 radical (unpaired) electrons. The van der Waals surface area contributed by atoms with Crippen molar-refractivity contribution < 1.29 is 4.79 Å². The van der Waals surface area contributed by atoms with Gasteiger partial charge in [-0.2, -0.15) is 0 Å². The van der Waals surface area contributed by atoms with E-state index in [1.807, 2.05) is 61.2 Å². The van der Waals surface area contributed by atoms with Crippen LogP contribution >= 0.6 is 11.6 Å². The zero-order chi connectivity index (χ0) is 24.5. The minimum absolute atomic E-state index is 0.0580. The van der Waals surface area contributed by atoms with E-state index in [0.29, 0.717) is 28.3 Å². The molecule has 0 saturated heterocycles. The highest BCUT2D eigenvalue weighted by Gasteiger charge is 2.36. The van der Waals surface area contributed by atoms with Crippen molar-refractivity contribution in [2.24, 2.45) is 5.92 Å². The number of hydrogen-bond acceptors (Lipinski definition) is 3. The van der Waals surface area contributed by atoms with Crippen LogP contribution in [-0.4, -0.2) is 26.9 Å². The number of benzene rings is 3. The highest BCUT2D eigenvalue weighted by molar-refractivity contribution is 6.31. The smallest absolute Gasteiger partial charge is 0.266 e. The summed E-state index contributed by atoms with van der Waals surface area (Å²) in [5.41, 5.74) is 3.37. The van der Waals surface area contributed by atoms with E-state index in [1.165, 1.54) is 5.56 Å². The molecular weight excluding hydrogens is 458 g/mol. The van der Waals surface area contributed by atoms with Crippen molar-refractivity contribution in [3.8, 4) is 5.69 Å². The van der Waals surface area contributed by atoms with E-state index < -0.39 is 6.04 Å². The lowest BCUT2D eigenvalue weighted by atomic mass is 10.1. The number of aryl methyl sites for hydroxylation is 1. The van der Waals surface area contributed by atoms with Crippen molar-refractivity contribution >= 4 is 28.4 Å². The Kier molecular flexibility index (Phi) is 6.44. The molecule has 0 N–H and O–H groups in total. The van der Waals surface area contributed by atoms with E-state index in [9.17, 15) is 9.59 Å². The summed E-state index contributed by atoms with van der Waals surface area (Å²) in [5, 5.41) is 1.02. The molecule has 1 unspecified atom stereocenters.